The molecule has 0 saturated carbocycles. The van der Waals surface area contributed by atoms with Gasteiger partial charge < -0.3 is 19.7 Å². The third-order valence-corrected chi connectivity index (χ3v) is 4.70. The molecule has 0 spiro atoms. The van der Waals surface area contributed by atoms with E-state index in [0.29, 0.717) is 29.5 Å². The molecule has 0 unspecified atom stereocenters. The quantitative estimate of drug-likeness (QED) is 0.791. The number of ether oxygens (including phenoxy) is 2. The molecule has 2 amide bonds. The van der Waals surface area contributed by atoms with Gasteiger partial charge in [-0.25, -0.2) is 0 Å². The first-order chi connectivity index (χ1) is 13.0. The second-order valence-electron chi connectivity index (χ2n) is 6.22. The number of carbonyl (C=O) groups is 2. The minimum Gasteiger partial charge on any atom is -0.493 e. The van der Waals surface area contributed by atoms with Gasteiger partial charge in [0.2, 0.25) is 11.8 Å². The number of carbonyl (C=O) groups excluding carboxylic acids is 2. The van der Waals surface area contributed by atoms with Crippen LogP contribution in [0.15, 0.2) is 36.4 Å². The predicted octanol–water partition coefficient (Wildman–Crippen LogP) is 2.61. The van der Waals surface area contributed by atoms with Gasteiger partial charge in [-0.05, 0) is 47.9 Å². The van der Waals surface area contributed by atoms with Gasteiger partial charge in [-0.2, -0.15) is 0 Å². The fourth-order valence-corrected chi connectivity index (χ4v) is 3.30. The lowest BCUT2D eigenvalue weighted by atomic mass is 10.1. The highest BCUT2D eigenvalue weighted by Crippen LogP contribution is 2.31. The summed E-state index contributed by atoms with van der Waals surface area (Å²) < 4.78 is 10.5. The van der Waals surface area contributed by atoms with Crippen LogP contribution in [0.25, 0.3) is 0 Å². The van der Waals surface area contributed by atoms with Crippen molar-refractivity contribution in [1.82, 2.24) is 5.32 Å². The van der Waals surface area contributed by atoms with Crippen LogP contribution in [0.1, 0.15) is 11.1 Å². The summed E-state index contributed by atoms with van der Waals surface area (Å²) in [4.78, 5) is 25.9. The Morgan fingerprint density at radius 3 is 2.67 bits per heavy atom. The van der Waals surface area contributed by atoms with Crippen LogP contribution in [-0.2, 0) is 22.4 Å². The molecular weight excluding hydrogens is 368 g/mol. The van der Waals surface area contributed by atoms with E-state index in [1.807, 2.05) is 18.2 Å². The molecule has 0 bridgehead atoms. The van der Waals surface area contributed by atoms with Crippen molar-refractivity contribution in [3.8, 4) is 11.5 Å². The van der Waals surface area contributed by atoms with Gasteiger partial charge in [-0.15, -0.1) is 0 Å². The Hall–Kier alpha value is -2.73. The second kappa shape index (κ2) is 8.31. The van der Waals surface area contributed by atoms with E-state index in [9.17, 15) is 9.59 Å². The van der Waals surface area contributed by atoms with Gasteiger partial charge in [0, 0.05) is 17.3 Å². The molecule has 1 aliphatic rings. The van der Waals surface area contributed by atoms with Crippen molar-refractivity contribution in [2.75, 3.05) is 32.2 Å². The number of fused-ring (bicyclic) bond motifs is 1. The molecule has 2 aromatic carbocycles. The van der Waals surface area contributed by atoms with Crippen LogP contribution in [0.2, 0.25) is 5.02 Å². The van der Waals surface area contributed by atoms with Crippen LogP contribution in [0.5, 0.6) is 11.5 Å². The van der Waals surface area contributed by atoms with Crippen molar-refractivity contribution in [1.29, 1.82) is 0 Å². The Kier molecular flexibility index (Phi) is 5.86. The Balaban J connectivity index is 1.54. The number of hydrogen-bond donors (Lipinski definition) is 1. The van der Waals surface area contributed by atoms with Gasteiger partial charge in [0.15, 0.2) is 11.5 Å². The average Bonchev–Trinajstić information content (AvgIpc) is 2.95. The molecule has 0 radical (unpaired) electrons. The summed E-state index contributed by atoms with van der Waals surface area (Å²) in [6.45, 7) is 0.462. The van der Waals surface area contributed by atoms with Crippen molar-refractivity contribution in [3.05, 3.63) is 52.5 Å². The van der Waals surface area contributed by atoms with E-state index >= 15 is 0 Å². The maximum atomic E-state index is 12.3. The fraction of sp³-hybridized carbons (Fsp3) is 0.300. The third kappa shape index (κ3) is 4.34. The highest BCUT2D eigenvalue weighted by atomic mass is 35.5. The monoisotopic (exact) mass is 388 g/mol. The number of amides is 2. The van der Waals surface area contributed by atoms with Crippen LogP contribution < -0.4 is 19.7 Å². The molecule has 0 fully saturated rings. The molecular formula is C20H21ClN2O4. The Labute approximate surface area is 163 Å². The van der Waals surface area contributed by atoms with E-state index in [1.165, 1.54) is 4.90 Å². The highest BCUT2D eigenvalue weighted by molar-refractivity contribution is 6.31. The van der Waals surface area contributed by atoms with E-state index in [4.69, 9.17) is 21.1 Å². The lowest BCUT2D eigenvalue weighted by Gasteiger charge is -2.17. The molecule has 142 valence electrons. The van der Waals surface area contributed by atoms with E-state index < -0.39 is 0 Å². The molecule has 1 heterocycles. The molecule has 1 aliphatic heterocycles. The zero-order valence-electron chi connectivity index (χ0n) is 15.3. The summed E-state index contributed by atoms with van der Waals surface area (Å²) in [5, 5.41) is 3.44. The van der Waals surface area contributed by atoms with Crippen molar-refractivity contribution >= 4 is 29.1 Å². The number of anilines is 1. The smallest absolute Gasteiger partial charge is 0.240 e. The number of halogens is 1. The Bertz CT molecular complexity index is 869. The van der Waals surface area contributed by atoms with E-state index in [1.54, 1.807) is 32.4 Å². The maximum Gasteiger partial charge on any atom is 0.240 e. The summed E-state index contributed by atoms with van der Waals surface area (Å²) in [5.74, 6) is 1.02. The number of methoxy groups -OCH3 is 2. The van der Waals surface area contributed by atoms with Gasteiger partial charge in [0.05, 0.1) is 20.6 Å². The van der Waals surface area contributed by atoms with E-state index in [0.717, 1.165) is 16.8 Å². The number of nitrogens with one attached hydrogen (secondary N) is 1. The third-order valence-electron chi connectivity index (χ3n) is 4.46. The average molecular weight is 389 g/mol. The number of nitrogens with zero attached hydrogens (tertiary/aromatic N) is 1. The first-order valence-corrected chi connectivity index (χ1v) is 8.96. The Morgan fingerprint density at radius 2 is 1.93 bits per heavy atom. The van der Waals surface area contributed by atoms with Gasteiger partial charge in [-0.3, -0.25) is 9.59 Å². The standard InChI is InChI=1S/C20H21ClN2O4/c1-26-17-6-3-13(9-18(17)27-2)7-8-22-19(24)12-23-16-5-4-15(21)10-14(16)11-20(23)25/h3-6,9-10H,7-8,11-12H2,1-2H3,(H,22,24). The van der Waals surface area contributed by atoms with Crippen LogP contribution in [-0.4, -0.2) is 39.1 Å². The van der Waals surface area contributed by atoms with Crippen LogP contribution in [0, 0.1) is 0 Å². The molecule has 3 rings (SSSR count). The van der Waals surface area contributed by atoms with Crippen molar-refractivity contribution in [2.45, 2.75) is 12.8 Å². The normalized spacial score (nSPS) is 12.7. The number of benzene rings is 2. The zero-order valence-corrected chi connectivity index (χ0v) is 16.0. The lowest BCUT2D eigenvalue weighted by Crippen LogP contribution is -2.39. The molecule has 27 heavy (non-hydrogen) atoms. The minimum atomic E-state index is -0.202. The van der Waals surface area contributed by atoms with Gasteiger partial charge in [0.25, 0.3) is 0 Å². The first-order valence-electron chi connectivity index (χ1n) is 8.58. The van der Waals surface area contributed by atoms with E-state index in [2.05, 4.69) is 5.32 Å². The molecule has 6 nitrogen and oxygen atoms in total. The molecule has 0 saturated heterocycles. The molecule has 1 N–H and O–H groups in total. The largest absolute Gasteiger partial charge is 0.493 e. The molecule has 0 aromatic heterocycles. The van der Waals surface area contributed by atoms with Crippen LogP contribution in [0.4, 0.5) is 5.69 Å². The van der Waals surface area contributed by atoms with E-state index in [-0.39, 0.29) is 24.8 Å². The maximum absolute atomic E-state index is 12.3. The molecule has 0 atom stereocenters. The number of hydrogen-bond acceptors (Lipinski definition) is 4. The summed E-state index contributed by atoms with van der Waals surface area (Å²) in [5.41, 5.74) is 2.62. The lowest BCUT2D eigenvalue weighted by molar-refractivity contribution is -0.123. The van der Waals surface area contributed by atoms with Crippen molar-refractivity contribution in [3.63, 3.8) is 0 Å². The van der Waals surface area contributed by atoms with Crippen LogP contribution in [0.3, 0.4) is 0 Å². The predicted molar refractivity (Wildman–Crippen MR) is 104 cm³/mol. The minimum absolute atomic E-state index is 0.000596. The second-order valence-corrected chi connectivity index (χ2v) is 6.66. The molecule has 2 aromatic rings. The molecule has 0 aliphatic carbocycles. The SMILES string of the molecule is COc1ccc(CCNC(=O)CN2C(=O)Cc3cc(Cl)ccc32)cc1OC. The fourth-order valence-electron chi connectivity index (χ4n) is 3.11. The van der Waals surface area contributed by atoms with Gasteiger partial charge in [0.1, 0.15) is 6.54 Å². The summed E-state index contributed by atoms with van der Waals surface area (Å²) >= 11 is 5.97. The highest BCUT2D eigenvalue weighted by Gasteiger charge is 2.28. The van der Waals surface area contributed by atoms with Gasteiger partial charge >= 0.3 is 0 Å². The summed E-state index contributed by atoms with van der Waals surface area (Å²) in [6, 6.07) is 10.9. The molecule has 7 heteroatoms. The van der Waals surface area contributed by atoms with Crippen molar-refractivity contribution in [2.24, 2.45) is 0 Å². The zero-order chi connectivity index (χ0) is 19.4. The number of rotatable bonds is 7. The summed E-state index contributed by atoms with van der Waals surface area (Å²) in [7, 11) is 3.17. The first kappa shape index (κ1) is 19.0. The summed E-state index contributed by atoms with van der Waals surface area (Å²) in [6.07, 6.45) is 0.918. The Morgan fingerprint density at radius 1 is 1.15 bits per heavy atom. The van der Waals surface area contributed by atoms with Crippen molar-refractivity contribution < 1.29 is 19.1 Å². The van der Waals surface area contributed by atoms with Gasteiger partial charge in [-0.1, -0.05) is 17.7 Å². The van der Waals surface area contributed by atoms with Crippen LogP contribution >= 0.6 is 11.6 Å². The topological polar surface area (TPSA) is 67.9 Å².